The molecule has 8 heteroatoms. The fourth-order valence-electron chi connectivity index (χ4n) is 1.86. The maximum Gasteiger partial charge on any atom is 0.231 e. The van der Waals surface area contributed by atoms with Gasteiger partial charge in [0, 0.05) is 11.8 Å². The second-order valence-corrected chi connectivity index (χ2v) is 4.41. The number of nitrogens with zero attached hydrogens (tertiary/aromatic N) is 2. The first kappa shape index (κ1) is 13.8. The molecule has 1 aromatic carbocycles. The van der Waals surface area contributed by atoms with E-state index >= 15 is 0 Å². The van der Waals surface area contributed by atoms with Gasteiger partial charge in [-0.3, -0.25) is 14.5 Å². The van der Waals surface area contributed by atoms with Crippen LogP contribution in [0.1, 0.15) is 5.89 Å². The van der Waals surface area contributed by atoms with E-state index in [1.54, 1.807) is 18.2 Å². The predicted molar refractivity (Wildman–Crippen MR) is 72.1 cm³/mol. The zero-order chi connectivity index (χ0) is 14.7. The van der Waals surface area contributed by atoms with Gasteiger partial charge in [-0.25, -0.2) is 4.98 Å². The number of nitrogen functional groups attached to an aromatic ring is 1. The zero-order valence-corrected chi connectivity index (χ0v) is 10.7. The third-order valence-corrected chi connectivity index (χ3v) is 2.57. The van der Waals surface area contributed by atoms with Gasteiger partial charge in [-0.05, 0) is 12.1 Å². The van der Waals surface area contributed by atoms with Gasteiger partial charge in [0.1, 0.15) is 5.52 Å². The molecule has 0 unspecified atom stereocenters. The molecule has 2 aromatic rings. The van der Waals surface area contributed by atoms with Crippen molar-refractivity contribution in [2.24, 2.45) is 11.5 Å². The SMILES string of the molecule is NC(=O)CN(CC(N)=O)Cc1nc2ccc(N)cc2o1. The van der Waals surface area contributed by atoms with Gasteiger partial charge in [0.2, 0.25) is 17.7 Å². The van der Waals surface area contributed by atoms with Gasteiger partial charge in [0.25, 0.3) is 0 Å². The molecular weight excluding hydrogens is 262 g/mol. The first-order chi connectivity index (χ1) is 9.44. The molecular formula is C12H15N5O3. The van der Waals surface area contributed by atoms with Crippen molar-refractivity contribution >= 4 is 28.6 Å². The number of rotatable bonds is 6. The molecule has 0 saturated carbocycles. The number of carbonyl (C=O) groups excluding carboxylic acids is 2. The molecule has 1 heterocycles. The summed E-state index contributed by atoms with van der Waals surface area (Å²) in [5, 5.41) is 0. The second kappa shape index (κ2) is 5.57. The van der Waals surface area contributed by atoms with E-state index < -0.39 is 11.8 Å². The third-order valence-electron chi connectivity index (χ3n) is 2.57. The van der Waals surface area contributed by atoms with Gasteiger partial charge in [-0.2, -0.15) is 0 Å². The Morgan fingerprint density at radius 3 is 2.45 bits per heavy atom. The van der Waals surface area contributed by atoms with E-state index in [2.05, 4.69) is 4.98 Å². The van der Waals surface area contributed by atoms with Crippen LogP contribution in [0.3, 0.4) is 0 Å². The summed E-state index contributed by atoms with van der Waals surface area (Å²) in [6.45, 7) is -0.0614. The van der Waals surface area contributed by atoms with Gasteiger partial charge >= 0.3 is 0 Å². The van der Waals surface area contributed by atoms with Gasteiger partial charge in [-0.1, -0.05) is 0 Å². The number of amides is 2. The van der Waals surface area contributed by atoms with E-state index in [1.807, 2.05) is 0 Å². The number of hydrogen-bond acceptors (Lipinski definition) is 6. The van der Waals surface area contributed by atoms with Gasteiger partial charge < -0.3 is 21.6 Å². The first-order valence-corrected chi connectivity index (χ1v) is 5.88. The summed E-state index contributed by atoms with van der Waals surface area (Å²) in [6.07, 6.45) is 0. The zero-order valence-electron chi connectivity index (χ0n) is 10.7. The molecule has 0 aliphatic carbocycles. The van der Waals surface area contributed by atoms with Crippen LogP contribution < -0.4 is 17.2 Å². The summed E-state index contributed by atoms with van der Waals surface area (Å²) in [5.41, 5.74) is 17.6. The Morgan fingerprint density at radius 1 is 1.20 bits per heavy atom. The summed E-state index contributed by atoms with van der Waals surface area (Å²) in [4.78, 5) is 27.6. The molecule has 0 spiro atoms. The van der Waals surface area contributed by atoms with Crippen molar-refractivity contribution in [1.29, 1.82) is 0 Å². The number of aromatic nitrogens is 1. The second-order valence-electron chi connectivity index (χ2n) is 4.41. The maximum atomic E-state index is 11.0. The summed E-state index contributed by atoms with van der Waals surface area (Å²) in [6, 6.07) is 5.09. The molecule has 0 atom stereocenters. The molecule has 2 amide bonds. The lowest BCUT2D eigenvalue weighted by atomic mass is 10.3. The monoisotopic (exact) mass is 277 g/mol. The molecule has 8 nitrogen and oxygen atoms in total. The van der Waals surface area contributed by atoms with E-state index in [9.17, 15) is 9.59 Å². The largest absolute Gasteiger partial charge is 0.439 e. The van der Waals surface area contributed by atoms with E-state index in [4.69, 9.17) is 21.6 Å². The van der Waals surface area contributed by atoms with Crippen LogP contribution in [0, 0.1) is 0 Å². The van der Waals surface area contributed by atoms with Crippen molar-refractivity contribution < 1.29 is 14.0 Å². The van der Waals surface area contributed by atoms with Crippen LogP contribution in [0.5, 0.6) is 0 Å². The van der Waals surface area contributed by atoms with Gasteiger partial charge in [0.05, 0.1) is 19.6 Å². The Labute approximate surface area is 114 Å². The highest BCUT2D eigenvalue weighted by atomic mass is 16.3. The first-order valence-electron chi connectivity index (χ1n) is 5.88. The van der Waals surface area contributed by atoms with Crippen LogP contribution in [0.25, 0.3) is 11.1 Å². The summed E-state index contributed by atoms with van der Waals surface area (Å²) < 4.78 is 5.51. The molecule has 0 radical (unpaired) electrons. The fourth-order valence-corrected chi connectivity index (χ4v) is 1.86. The molecule has 1 aromatic heterocycles. The average molecular weight is 277 g/mol. The number of carbonyl (C=O) groups is 2. The average Bonchev–Trinajstić information content (AvgIpc) is 2.68. The van der Waals surface area contributed by atoms with Crippen molar-refractivity contribution in [1.82, 2.24) is 9.88 Å². The maximum absolute atomic E-state index is 11.0. The Kier molecular flexibility index (Phi) is 3.85. The summed E-state index contributed by atoms with van der Waals surface area (Å²) >= 11 is 0. The predicted octanol–water partition coefficient (Wildman–Crippen LogP) is -0.817. The summed E-state index contributed by atoms with van der Waals surface area (Å²) in [5.74, 6) is -0.772. The fraction of sp³-hybridized carbons (Fsp3) is 0.250. The lowest BCUT2D eigenvalue weighted by molar-refractivity contribution is -0.122. The number of fused-ring (bicyclic) bond motifs is 1. The molecule has 106 valence electrons. The number of oxazole rings is 1. The number of nitrogens with two attached hydrogens (primary N) is 3. The third kappa shape index (κ3) is 3.45. The summed E-state index contributed by atoms with van der Waals surface area (Å²) in [7, 11) is 0. The molecule has 6 N–H and O–H groups in total. The van der Waals surface area contributed by atoms with Crippen LogP contribution in [0.15, 0.2) is 22.6 Å². The molecule has 0 aliphatic rings. The number of primary amides is 2. The molecule has 0 fully saturated rings. The molecule has 2 rings (SSSR count). The van der Waals surface area contributed by atoms with Crippen LogP contribution in [0.4, 0.5) is 5.69 Å². The van der Waals surface area contributed by atoms with E-state index in [0.29, 0.717) is 22.7 Å². The van der Waals surface area contributed by atoms with E-state index in [1.165, 1.54) is 4.90 Å². The Hall–Kier alpha value is -2.61. The number of anilines is 1. The molecule has 0 bridgehead atoms. The molecule has 0 aliphatic heterocycles. The van der Waals surface area contributed by atoms with Gasteiger partial charge in [-0.15, -0.1) is 0 Å². The van der Waals surface area contributed by atoms with Crippen molar-refractivity contribution in [3.05, 3.63) is 24.1 Å². The minimum Gasteiger partial charge on any atom is -0.439 e. The van der Waals surface area contributed by atoms with Crippen molar-refractivity contribution in [2.75, 3.05) is 18.8 Å². The van der Waals surface area contributed by atoms with Crippen molar-refractivity contribution in [2.45, 2.75) is 6.54 Å². The van der Waals surface area contributed by atoms with Gasteiger partial charge in [0.15, 0.2) is 5.58 Å². The molecule has 20 heavy (non-hydrogen) atoms. The Bertz CT molecular complexity index is 636. The Morgan fingerprint density at radius 2 is 1.85 bits per heavy atom. The Balaban J connectivity index is 2.18. The van der Waals surface area contributed by atoms with E-state index in [-0.39, 0.29) is 19.6 Å². The topological polar surface area (TPSA) is 141 Å². The normalized spacial score (nSPS) is 11.1. The van der Waals surface area contributed by atoms with Crippen molar-refractivity contribution in [3.63, 3.8) is 0 Å². The van der Waals surface area contributed by atoms with Crippen LogP contribution in [-0.2, 0) is 16.1 Å². The standard InChI is InChI=1S/C12H15N5O3/c13-7-1-2-8-9(3-7)20-12(16-8)6-17(4-10(14)18)5-11(15)19/h1-3H,4-6,13H2,(H2,14,18)(H2,15,19). The highest BCUT2D eigenvalue weighted by Crippen LogP contribution is 2.19. The minimum atomic E-state index is -0.563. The molecule has 0 saturated heterocycles. The number of hydrogen-bond donors (Lipinski definition) is 3. The highest BCUT2D eigenvalue weighted by Gasteiger charge is 2.15. The van der Waals surface area contributed by atoms with Crippen LogP contribution in [-0.4, -0.2) is 34.8 Å². The van der Waals surface area contributed by atoms with Crippen LogP contribution >= 0.6 is 0 Å². The lowest BCUT2D eigenvalue weighted by Gasteiger charge is -2.16. The minimum absolute atomic E-state index is 0.107. The highest BCUT2D eigenvalue weighted by molar-refractivity contribution is 5.79. The quantitative estimate of drug-likeness (QED) is 0.589. The lowest BCUT2D eigenvalue weighted by Crippen LogP contribution is -2.39. The van der Waals surface area contributed by atoms with Crippen LogP contribution in [0.2, 0.25) is 0 Å². The van der Waals surface area contributed by atoms with Crippen molar-refractivity contribution in [3.8, 4) is 0 Å². The van der Waals surface area contributed by atoms with E-state index in [0.717, 1.165) is 0 Å². The number of benzene rings is 1. The smallest absolute Gasteiger partial charge is 0.231 e.